The SMILES string of the molecule is CCN(C(C)CN(C)C)C(C)c1cc(C)ccc1O. The van der Waals surface area contributed by atoms with Crippen molar-refractivity contribution in [2.24, 2.45) is 0 Å². The number of hydrogen-bond acceptors (Lipinski definition) is 3. The summed E-state index contributed by atoms with van der Waals surface area (Å²) in [5, 5.41) is 10.1. The van der Waals surface area contributed by atoms with E-state index in [1.165, 1.54) is 5.56 Å². The topological polar surface area (TPSA) is 26.7 Å². The lowest BCUT2D eigenvalue weighted by molar-refractivity contribution is 0.135. The van der Waals surface area contributed by atoms with Gasteiger partial charge in [0.25, 0.3) is 0 Å². The molecule has 1 aromatic carbocycles. The zero-order chi connectivity index (χ0) is 14.6. The predicted octanol–water partition coefficient (Wildman–Crippen LogP) is 3.03. The van der Waals surface area contributed by atoms with Crippen molar-refractivity contribution in [2.75, 3.05) is 27.2 Å². The van der Waals surface area contributed by atoms with Crippen LogP contribution < -0.4 is 0 Å². The lowest BCUT2D eigenvalue weighted by Gasteiger charge is -2.35. The third kappa shape index (κ3) is 4.22. The van der Waals surface area contributed by atoms with Gasteiger partial charge < -0.3 is 10.0 Å². The van der Waals surface area contributed by atoms with E-state index < -0.39 is 0 Å². The van der Waals surface area contributed by atoms with Crippen molar-refractivity contribution in [3.63, 3.8) is 0 Å². The van der Waals surface area contributed by atoms with Gasteiger partial charge in [-0.15, -0.1) is 0 Å². The Morgan fingerprint density at radius 2 is 1.84 bits per heavy atom. The standard InChI is InChI=1S/C16H28N2O/c1-7-18(13(3)11-17(5)6)14(4)15-10-12(2)8-9-16(15)19/h8-10,13-14,19H,7,11H2,1-6H3. The molecule has 0 aliphatic heterocycles. The van der Waals surface area contributed by atoms with Crippen molar-refractivity contribution >= 4 is 0 Å². The molecule has 0 heterocycles. The van der Waals surface area contributed by atoms with Crippen LogP contribution in [-0.2, 0) is 0 Å². The van der Waals surface area contributed by atoms with E-state index in [1.807, 2.05) is 6.07 Å². The highest BCUT2D eigenvalue weighted by atomic mass is 16.3. The summed E-state index contributed by atoms with van der Waals surface area (Å²) in [4.78, 5) is 4.63. The molecule has 0 saturated heterocycles. The number of hydrogen-bond donors (Lipinski definition) is 1. The molecular formula is C16H28N2O. The van der Waals surface area contributed by atoms with E-state index >= 15 is 0 Å². The maximum absolute atomic E-state index is 10.1. The first kappa shape index (κ1) is 16.0. The summed E-state index contributed by atoms with van der Waals surface area (Å²) in [5.41, 5.74) is 2.21. The molecule has 0 fully saturated rings. The molecule has 0 saturated carbocycles. The average Bonchev–Trinajstić information content (AvgIpc) is 2.32. The van der Waals surface area contributed by atoms with Crippen molar-refractivity contribution in [1.29, 1.82) is 0 Å². The number of phenolic OH excluding ortho intramolecular Hbond substituents is 1. The number of aromatic hydroxyl groups is 1. The van der Waals surface area contributed by atoms with Gasteiger partial charge in [-0.3, -0.25) is 4.90 Å². The van der Waals surface area contributed by atoms with E-state index in [-0.39, 0.29) is 6.04 Å². The van der Waals surface area contributed by atoms with E-state index in [1.54, 1.807) is 6.07 Å². The minimum absolute atomic E-state index is 0.222. The molecule has 0 aromatic heterocycles. The highest BCUT2D eigenvalue weighted by Crippen LogP contribution is 2.30. The largest absolute Gasteiger partial charge is 0.508 e. The summed E-state index contributed by atoms with van der Waals surface area (Å²) in [6.07, 6.45) is 0. The molecule has 3 nitrogen and oxygen atoms in total. The summed E-state index contributed by atoms with van der Waals surface area (Å²) < 4.78 is 0. The van der Waals surface area contributed by atoms with Crippen LogP contribution in [0.4, 0.5) is 0 Å². The third-order valence-corrected chi connectivity index (χ3v) is 3.69. The highest BCUT2D eigenvalue weighted by Gasteiger charge is 2.22. The molecule has 108 valence electrons. The maximum atomic E-state index is 10.1. The van der Waals surface area contributed by atoms with Gasteiger partial charge in [-0.2, -0.15) is 0 Å². The molecule has 1 N–H and O–H groups in total. The van der Waals surface area contributed by atoms with Crippen molar-refractivity contribution in [3.05, 3.63) is 29.3 Å². The van der Waals surface area contributed by atoms with Gasteiger partial charge in [0.15, 0.2) is 0 Å². The second-order valence-corrected chi connectivity index (χ2v) is 5.68. The molecule has 1 aromatic rings. The number of likely N-dealkylation sites (N-methyl/N-ethyl adjacent to an activating group) is 2. The highest BCUT2D eigenvalue weighted by molar-refractivity contribution is 5.37. The number of phenols is 1. The first-order valence-electron chi connectivity index (χ1n) is 7.06. The average molecular weight is 264 g/mol. The molecule has 0 aliphatic rings. The zero-order valence-electron chi connectivity index (χ0n) is 13.1. The van der Waals surface area contributed by atoms with Crippen LogP contribution in [-0.4, -0.2) is 48.1 Å². The molecule has 3 heteroatoms. The molecule has 0 radical (unpaired) electrons. The van der Waals surface area contributed by atoms with Crippen molar-refractivity contribution in [3.8, 4) is 5.75 Å². The Balaban J connectivity index is 2.94. The summed E-state index contributed by atoms with van der Waals surface area (Å²) in [6.45, 7) is 10.6. The van der Waals surface area contributed by atoms with Crippen molar-refractivity contribution in [1.82, 2.24) is 9.80 Å². The van der Waals surface area contributed by atoms with Crippen LogP contribution in [0.3, 0.4) is 0 Å². The number of benzene rings is 1. The lowest BCUT2D eigenvalue weighted by atomic mass is 10.0. The molecule has 19 heavy (non-hydrogen) atoms. The molecule has 0 amide bonds. The Morgan fingerprint density at radius 1 is 1.21 bits per heavy atom. The van der Waals surface area contributed by atoms with Crippen LogP contribution >= 0.6 is 0 Å². The Kier molecular flexibility index (Phi) is 5.83. The molecular weight excluding hydrogens is 236 g/mol. The summed E-state index contributed by atoms with van der Waals surface area (Å²) in [7, 11) is 4.19. The van der Waals surface area contributed by atoms with Crippen LogP contribution in [0.1, 0.15) is 37.9 Å². The minimum Gasteiger partial charge on any atom is -0.508 e. The minimum atomic E-state index is 0.222. The monoisotopic (exact) mass is 264 g/mol. The number of aryl methyl sites for hydroxylation is 1. The normalized spacial score (nSPS) is 14.9. The quantitative estimate of drug-likeness (QED) is 0.855. The lowest BCUT2D eigenvalue weighted by Crippen LogP contribution is -2.41. The van der Waals surface area contributed by atoms with Crippen LogP contribution in [0.15, 0.2) is 18.2 Å². The number of rotatable bonds is 6. The van der Waals surface area contributed by atoms with Crippen LogP contribution in [0.2, 0.25) is 0 Å². The Hall–Kier alpha value is -1.06. The van der Waals surface area contributed by atoms with Gasteiger partial charge in [0, 0.05) is 24.2 Å². The van der Waals surface area contributed by atoms with Crippen LogP contribution in [0.5, 0.6) is 5.75 Å². The van der Waals surface area contributed by atoms with E-state index in [9.17, 15) is 5.11 Å². The maximum Gasteiger partial charge on any atom is 0.120 e. The number of nitrogens with zero attached hydrogens (tertiary/aromatic N) is 2. The van der Waals surface area contributed by atoms with E-state index in [0.29, 0.717) is 11.8 Å². The first-order chi connectivity index (χ1) is 8.86. The molecule has 0 aliphatic carbocycles. The van der Waals surface area contributed by atoms with Gasteiger partial charge in [0.2, 0.25) is 0 Å². The van der Waals surface area contributed by atoms with Crippen LogP contribution in [0.25, 0.3) is 0 Å². The van der Waals surface area contributed by atoms with Crippen LogP contribution in [0, 0.1) is 6.92 Å². The molecule has 2 atom stereocenters. The summed E-state index contributed by atoms with van der Waals surface area (Å²) in [5.74, 6) is 0.397. The molecule has 0 spiro atoms. The first-order valence-corrected chi connectivity index (χ1v) is 7.06. The Bertz CT molecular complexity index is 404. The van der Waals surface area contributed by atoms with Crippen molar-refractivity contribution in [2.45, 2.75) is 39.8 Å². The zero-order valence-corrected chi connectivity index (χ0v) is 13.1. The van der Waals surface area contributed by atoms with Gasteiger partial charge in [0.05, 0.1) is 0 Å². The van der Waals surface area contributed by atoms with E-state index in [0.717, 1.165) is 18.7 Å². The molecule has 2 unspecified atom stereocenters. The summed E-state index contributed by atoms with van der Waals surface area (Å²) >= 11 is 0. The van der Waals surface area contributed by atoms with E-state index in [4.69, 9.17) is 0 Å². The summed E-state index contributed by atoms with van der Waals surface area (Å²) in [6, 6.07) is 6.51. The predicted molar refractivity (Wildman–Crippen MR) is 81.7 cm³/mol. The second-order valence-electron chi connectivity index (χ2n) is 5.68. The van der Waals surface area contributed by atoms with Gasteiger partial charge >= 0.3 is 0 Å². The van der Waals surface area contributed by atoms with Gasteiger partial charge in [-0.25, -0.2) is 0 Å². The smallest absolute Gasteiger partial charge is 0.120 e. The van der Waals surface area contributed by atoms with Gasteiger partial charge in [-0.1, -0.05) is 24.6 Å². The van der Waals surface area contributed by atoms with Gasteiger partial charge in [0.1, 0.15) is 5.75 Å². The fraction of sp³-hybridized carbons (Fsp3) is 0.625. The Morgan fingerprint density at radius 3 is 2.37 bits per heavy atom. The third-order valence-electron chi connectivity index (χ3n) is 3.69. The van der Waals surface area contributed by atoms with Gasteiger partial charge in [-0.05, 0) is 47.5 Å². The molecule has 1 rings (SSSR count). The fourth-order valence-corrected chi connectivity index (χ4v) is 2.79. The molecule has 0 bridgehead atoms. The van der Waals surface area contributed by atoms with E-state index in [2.05, 4.69) is 57.7 Å². The van der Waals surface area contributed by atoms with Crippen molar-refractivity contribution < 1.29 is 5.11 Å². The second kappa shape index (κ2) is 6.92. The fourth-order valence-electron chi connectivity index (χ4n) is 2.79. The Labute approximate surface area is 117 Å².